The molecule has 0 spiro atoms. The fraction of sp³-hybridized carbons (Fsp3) is 0.529. The van der Waals surface area contributed by atoms with E-state index in [1.54, 1.807) is 7.11 Å². The van der Waals surface area contributed by atoms with Crippen LogP contribution >= 0.6 is 0 Å². The van der Waals surface area contributed by atoms with Crippen molar-refractivity contribution < 1.29 is 14.3 Å². The zero-order chi connectivity index (χ0) is 15.8. The number of hydrogen-bond donors (Lipinski definition) is 0. The van der Waals surface area contributed by atoms with Crippen LogP contribution in [0.2, 0.25) is 0 Å². The van der Waals surface area contributed by atoms with E-state index in [-0.39, 0.29) is 11.8 Å². The zero-order valence-corrected chi connectivity index (χ0v) is 13.2. The van der Waals surface area contributed by atoms with Crippen LogP contribution < -0.4 is 0 Å². The second kappa shape index (κ2) is 8.54. The van der Waals surface area contributed by atoms with Gasteiger partial charge in [0.25, 0.3) is 0 Å². The van der Waals surface area contributed by atoms with Crippen LogP contribution in [-0.4, -0.2) is 61.5 Å². The van der Waals surface area contributed by atoms with Crippen molar-refractivity contribution in [2.24, 2.45) is 0 Å². The SMILES string of the molecule is COCCC(=O)N1CCN(C(=O)CCc2ccccc2)CC1. The van der Waals surface area contributed by atoms with Gasteiger partial charge in [-0.3, -0.25) is 9.59 Å². The van der Waals surface area contributed by atoms with Crippen molar-refractivity contribution in [1.82, 2.24) is 9.80 Å². The van der Waals surface area contributed by atoms with Gasteiger partial charge in [-0.2, -0.15) is 0 Å². The third-order valence-corrected chi connectivity index (χ3v) is 3.98. The van der Waals surface area contributed by atoms with Crippen molar-refractivity contribution in [3.05, 3.63) is 35.9 Å². The summed E-state index contributed by atoms with van der Waals surface area (Å²) in [5.74, 6) is 0.283. The number of benzene rings is 1. The van der Waals surface area contributed by atoms with Crippen LogP contribution in [0.4, 0.5) is 0 Å². The number of carbonyl (C=O) groups excluding carboxylic acids is 2. The van der Waals surface area contributed by atoms with Crippen molar-refractivity contribution in [2.45, 2.75) is 19.3 Å². The average Bonchev–Trinajstić information content (AvgIpc) is 2.58. The lowest BCUT2D eigenvalue weighted by Gasteiger charge is -2.35. The van der Waals surface area contributed by atoms with Crippen LogP contribution in [0.15, 0.2) is 30.3 Å². The first-order chi connectivity index (χ1) is 10.7. The second-order valence-corrected chi connectivity index (χ2v) is 5.49. The standard InChI is InChI=1S/C17H24N2O3/c1-22-14-9-17(21)19-12-10-18(11-13-19)16(20)8-7-15-5-3-2-4-6-15/h2-6H,7-14H2,1H3. The number of aryl methyl sites for hydroxylation is 1. The Labute approximate surface area is 131 Å². The molecule has 1 heterocycles. The molecule has 2 rings (SSSR count). The number of rotatable bonds is 6. The van der Waals surface area contributed by atoms with Gasteiger partial charge in [-0.25, -0.2) is 0 Å². The number of amides is 2. The minimum Gasteiger partial charge on any atom is -0.384 e. The molecule has 0 aliphatic carbocycles. The lowest BCUT2D eigenvalue weighted by Crippen LogP contribution is -2.50. The fourth-order valence-electron chi connectivity index (χ4n) is 2.61. The third kappa shape index (κ3) is 4.84. The first-order valence-electron chi connectivity index (χ1n) is 7.79. The Morgan fingerprint density at radius 2 is 1.50 bits per heavy atom. The number of piperazine rings is 1. The lowest BCUT2D eigenvalue weighted by molar-refractivity contribution is -0.140. The van der Waals surface area contributed by atoms with Crippen molar-refractivity contribution >= 4 is 11.8 Å². The van der Waals surface area contributed by atoms with E-state index in [9.17, 15) is 9.59 Å². The first-order valence-corrected chi connectivity index (χ1v) is 7.79. The molecule has 2 amide bonds. The van der Waals surface area contributed by atoms with Gasteiger partial charge in [-0.1, -0.05) is 30.3 Å². The predicted molar refractivity (Wildman–Crippen MR) is 84.4 cm³/mol. The summed E-state index contributed by atoms with van der Waals surface area (Å²) in [7, 11) is 1.59. The van der Waals surface area contributed by atoms with Crippen molar-refractivity contribution in [3.63, 3.8) is 0 Å². The Morgan fingerprint density at radius 3 is 2.05 bits per heavy atom. The molecule has 5 heteroatoms. The van der Waals surface area contributed by atoms with Gasteiger partial charge >= 0.3 is 0 Å². The van der Waals surface area contributed by atoms with Gasteiger partial charge in [-0.15, -0.1) is 0 Å². The highest BCUT2D eigenvalue weighted by Crippen LogP contribution is 2.08. The highest BCUT2D eigenvalue weighted by molar-refractivity contribution is 5.78. The van der Waals surface area contributed by atoms with Gasteiger partial charge in [0.15, 0.2) is 0 Å². The van der Waals surface area contributed by atoms with Crippen LogP contribution in [0, 0.1) is 0 Å². The quantitative estimate of drug-likeness (QED) is 0.796. The van der Waals surface area contributed by atoms with E-state index in [2.05, 4.69) is 0 Å². The van der Waals surface area contributed by atoms with Crippen molar-refractivity contribution in [3.8, 4) is 0 Å². The number of ether oxygens (including phenoxy) is 1. The Bertz CT molecular complexity index is 482. The average molecular weight is 304 g/mol. The summed E-state index contributed by atoms with van der Waals surface area (Å²) in [4.78, 5) is 27.8. The largest absolute Gasteiger partial charge is 0.384 e. The Morgan fingerprint density at radius 1 is 0.955 bits per heavy atom. The number of nitrogens with zero attached hydrogens (tertiary/aromatic N) is 2. The molecule has 5 nitrogen and oxygen atoms in total. The molecule has 1 aliphatic heterocycles. The van der Waals surface area contributed by atoms with Gasteiger partial charge in [-0.05, 0) is 12.0 Å². The van der Waals surface area contributed by atoms with E-state index in [4.69, 9.17) is 4.74 Å². The summed E-state index contributed by atoms with van der Waals surface area (Å²) >= 11 is 0. The van der Waals surface area contributed by atoms with E-state index in [1.807, 2.05) is 40.1 Å². The third-order valence-electron chi connectivity index (χ3n) is 3.98. The summed E-state index contributed by atoms with van der Waals surface area (Å²) < 4.78 is 4.92. The molecule has 1 fully saturated rings. The minimum absolute atomic E-state index is 0.109. The van der Waals surface area contributed by atoms with Crippen LogP contribution in [-0.2, 0) is 20.7 Å². The molecule has 1 aromatic rings. The molecule has 0 atom stereocenters. The van der Waals surface area contributed by atoms with Crippen molar-refractivity contribution in [1.29, 1.82) is 0 Å². The van der Waals surface area contributed by atoms with Crippen LogP contribution in [0.1, 0.15) is 18.4 Å². The molecular formula is C17H24N2O3. The van der Waals surface area contributed by atoms with E-state index in [0.717, 1.165) is 6.42 Å². The first kappa shape index (κ1) is 16.5. The summed E-state index contributed by atoms with van der Waals surface area (Å²) in [6, 6.07) is 10.0. The Kier molecular flexibility index (Phi) is 6.40. The van der Waals surface area contributed by atoms with Gasteiger partial charge in [0, 0.05) is 39.7 Å². The van der Waals surface area contributed by atoms with Gasteiger partial charge in [0.05, 0.1) is 13.0 Å². The molecular weight excluding hydrogens is 280 g/mol. The Balaban J connectivity index is 1.72. The molecule has 0 N–H and O–H groups in total. The highest BCUT2D eigenvalue weighted by atomic mass is 16.5. The molecule has 0 unspecified atom stereocenters. The van der Waals surface area contributed by atoms with Gasteiger partial charge in [0.2, 0.25) is 11.8 Å². The molecule has 0 saturated carbocycles. The molecule has 1 saturated heterocycles. The predicted octanol–water partition coefficient (Wildman–Crippen LogP) is 1.33. The van der Waals surface area contributed by atoms with E-state index < -0.39 is 0 Å². The van der Waals surface area contributed by atoms with E-state index in [0.29, 0.717) is 45.6 Å². The summed E-state index contributed by atoms with van der Waals surface area (Å²) in [6.45, 7) is 2.97. The Hall–Kier alpha value is -1.88. The minimum atomic E-state index is 0.109. The monoisotopic (exact) mass is 304 g/mol. The number of carbonyl (C=O) groups is 2. The van der Waals surface area contributed by atoms with Crippen LogP contribution in [0.5, 0.6) is 0 Å². The zero-order valence-electron chi connectivity index (χ0n) is 13.2. The van der Waals surface area contributed by atoms with E-state index in [1.165, 1.54) is 5.56 Å². The van der Waals surface area contributed by atoms with E-state index >= 15 is 0 Å². The second-order valence-electron chi connectivity index (χ2n) is 5.49. The maximum Gasteiger partial charge on any atom is 0.225 e. The molecule has 1 aliphatic rings. The smallest absolute Gasteiger partial charge is 0.225 e. The molecule has 0 aromatic heterocycles. The normalized spacial score (nSPS) is 15.0. The molecule has 0 radical (unpaired) electrons. The molecule has 120 valence electrons. The molecule has 1 aromatic carbocycles. The maximum absolute atomic E-state index is 12.2. The molecule has 0 bridgehead atoms. The highest BCUT2D eigenvalue weighted by Gasteiger charge is 2.23. The fourth-order valence-corrected chi connectivity index (χ4v) is 2.61. The number of hydrogen-bond acceptors (Lipinski definition) is 3. The van der Waals surface area contributed by atoms with Gasteiger partial charge in [0.1, 0.15) is 0 Å². The summed E-state index contributed by atoms with van der Waals surface area (Å²) in [6.07, 6.45) is 1.72. The maximum atomic E-state index is 12.2. The van der Waals surface area contributed by atoms with Crippen molar-refractivity contribution in [2.75, 3.05) is 39.9 Å². The molecule has 22 heavy (non-hydrogen) atoms. The van der Waals surface area contributed by atoms with Gasteiger partial charge < -0.3 is 14.5 Å². The van der Waals surface area contributed by atoms with Crippen LogP contribution in [0.25, 0.3) is 0 Å². The summed E-state index contributed by atoms with van der Waals surface area (Å²) in [5, 5.41) is 0. The lowest BCUT2D eigenvalue weighted by atomic mass is 10.1. The topological polar surface area (TPSA) is 49.9 Å². The summed E-state index contributed by atoms with van der Waals surface area (Å²) in [5.41, 5.74) is 1.18. The van der Waals surface area contributed by atoms with Crippen LogP contribution in [0.3, 0.4) is 0 Å². The number of methoxy groups -OCH3 is 1.